The number of ether oxygens (including phenoxy) is 1. The van der Waals surface area contributed by atoms with Gasteiger partial charge in [0.15, 0.2) is 0 Å². The molecule has 1 amide bonds. The van der Waals surface area contributed by atoms with Crippen molar-refractivity contribution in [1.82, 2.24) is 9.61 Å². The molecule has 9 heteroatoms. The van der Waals surface area contributed by atoms with Gasteiger partial charge in [0.1, 0.15) is 0 Å². The molecule has 1 aromatic carbocycles. The first kappa shape index (κ1) is 24.1. The number of aromatic nitrogens is 2. The lowest BCUT2D eigenvalue weighted by molar-refractivity contribution is -0.137. The molecule has 3 aromatic rings. The van der Waals surface area contributed by atoms with E-state index in [2.05, 4.69) is 0 Å². The minimum Gasteiger partial charge on any atom is -0.465 e. The van der Waals surface area contributed by atoms with Crippen molar-refractivity contribution in [3.05, 3.63) is 53.9 Å². The van der Waals surface area contributed by atoms with E-state index < -0.39 is 23.2 Å². The molecule has 1 saturated heterocycles. The molecule has 0 spiro atoms. The summed E-state index contributed by atoms with van der Waals surface area (Å²) in [4.78, 5) is 13.5. The summed E-state index contributed by atoms with van der Waals surface area (Å²) in [6, 6.07) is 8.46. The van der Waals surface area contributed by atoms with Gasteiger partial charge in [-0.25, -0.2) is 9.31 Å². The lowest BCUT2D eigenvalue weighted by Crippen LogP contribution is -2.36. The number of hydrogen-bond donors (Lipinski definition) is 1. The predicted molar refractivity (Wildman–Crippen MR) is 123 cm³/mol. The van der Waals surface area contributed by atoms with Gasteiger partial charge in [-0.3, -0.25) is 4.90 Å². The Balaban J connectivity index is 1.81. The highest BCUT2D eigenvalue weighted by molar-refractivity contribution is 5.90. The van der Waals surface area contributed by atoms with Crippen molar-refractivity contribution >= 4 is 17.3 Å². The van der Waals surface area contributed by atoms with Crippen LogP contribution in [0.4, 0.5) is 23.7 Å². The van der Waals surface area contributed by atoms with E-state index in [1.54, 1.807) is 22.8 Å². The number of fused-ring (bicyclic) bond motifs is 1. The summed E-state index contributed by atoms with van der Waals surface area (Å²) in [5.74, 6) is 0.200. The number of benzene rings is 1. The van der Waals surface area contributed by atoms with Crippen LogP contribution in [0.25, 0.3) is 16.6 Å². The molecule has 1 aliphatic rings. The van der Waals surface area contributed by atoms with Crippen molar-refractivity contribution in [2.24, 2.45) is 5.92 Å². The first-order chi connectivity index (χ1) is 15.9. The highest BCUT2D eigenvalue weighted by Gasteiger charge is 2.31. The maximum absolute atomic E-state index is 13.1. The van der Waals surface area contributed by atoms with Gasteiger partial charge in [0, 0.05) is 36.9 Å². The van der Waals surface area contributed by atoms with Crippen LogP contribution < -0.4 is 4.90 Å². The number of pyridine rings is 1. The smallest absolute Gasteiger partial charge is 0.416 e. The van der Waals surface area contributed by atoms with Crippen LogP contribution in [0.2, 0.25) is 0 Å². The standard InChI is InChI=1S/C25H28F3N3O3/c1-24(2,3)22-21(17-4-6-18(7-5-17)25(26,27)28)20-14-19(8-11-31(20)29-22)30(23(32)33)15-16-9-12-34-13-10-16/h4-8,11,14,16H,9-10,12-13,15H2,1-3H3,(H,32,33). The number of rotatable bonds is 4. The molecule has 6 nitrogen and oxygen atoms in total. The van der Waals surface area contributed by atoms with Crippen LogP contribution in [0.3, 0.4) is 0 Å². The average Bonchev–Trinajstić information content (AvgIpc) is 3.17. The molecule has 0 radical (unpaired) electrons. The van der Waals surface area contributed by atoms with Crippen LogP contribution in [0.5, 0.6) is 0 Å². The fourth-order valence-electron chi connectivity index (χ4n) is 4.32. The fourth-order valence-corrected chi connectivity index (χ4v) is 4.32. The first-order valence-electron chi connectivity index (χ1n) is 11.2. The molecular formula is C25H28F3N3O3. The zero-order chi connectivity index (χ0) is 24.7. The fraction of sp³-hybridized carbons (Fsp3) is 0.440. The molecule has 1 fully saturated rings. The zero-order valence-electron chi connectivity index (χ0n) is 19.4. The third-order valence-electron chi connectivity index (χ3n) is 6.15. The highest BCUT2D eigenvalue weighted by atomic mass is 19.4. The van der Waals surface area contributed by atoms with Crippen LogP contribution in [0.15, 0.2) is 42.6 Å². The van der Waals surface area contributed by atoms with E-state index in [0.29, 0.717) is 42.1 Å². The molecule has 3 heterocycles. The van der Waals surface area contributed by atoms with Gasteiger partial charge in [0.2, 0.25) is 0 Å². The van der Waals surface area contributed by atoms with Gasteiger partial charge >= 0.3 is 12.3 Å². The molecule has 0 bridgehead atoms. The monoisotopic (exact) mass is 475 g/mol. The Kier molecular flexibility index (Phi) is 6.33. The number of amides is 1. The SMILES string of the molecule is CC(C)(C)c1nn2ccc(N(CC3CCOCC3)C(=O)O)cc2c1-c1ccc(C(F)(F)F)cc1. The lowest BCUT2D eigenvalue weighted by Gasteiger charge is -2.28. The highest BCUT2D eigenvalue weighted by Crippen LogP contribution is 2.38. The van der Waals surface area contributed by atoms with Gasteiger partial charge in [-0.15, -0.1) is 0 Å². The van der Waals surface area contributed by atoms with E-state index in [9.17, 15) is 23.1 Å². The Bertz CT molecular complexity index is 1170. The van der Waals surface area contributed by atoms with Crippen LogP contribution in [-0.4, -0.2) is 40.6 Å². The van der Waals surface area contributed by atoms with E-state index in [1.165, 1.54) is 17.0 Å². The third kappa shape index (κ3) is 4.89. The van der Waals surface area contributed by atoms with Gasteiger partial charge in [-0.05, 0) is 48.6 Å². The Morgan fingerprint density at radius 2 is 1.79 bits per heavy atom. The number of alkyl halides is 3. The second kappa shape index (κ2) is 8.94. The summed E-state index contributed by atoms with van der Waals surface area (Å²) in [6.07, 6.45) is -2.19. The Labute approximate surface area is 195 Å². The second-order valence-corrected chi connectivity index (χ2v) is 9.71. The molecule has 0 aliphatic carbocycles. The number of carboxylic acid groups (broad SMARTS) is 1. The van der Waals surface area contributed by atoms with E-state index in [4.69, 9.17) is 9.84 Å². The molecule has 0 atom stereocenters. The van der Waals surface area contributed by atoms with Gasteiger partial charge in [-0.2, -0.15) is 18.3 Å². The Hall–Kier alpha value is -3.07. The Morgan fingerprint density at radius 1 is 1.15 bits per heavy atom. The molecule has 1 aliphatic heterocycles. The predicted octanol–water partition coefficient (Wildman–Crippen LogP) is 6.23. The van der Waals surface area contributed by atoms with Crippen molar-refractivity contribution in [2.45, 2.75) is 45.2 Å². The lowest BCUT2D eigenvalue weighted by atomic mass is 9.86. The minimum absolute atomic E-state index is 0.200. The van der Waals surface area contributed by atoms with Crippen molar-refractivity contribution in [3.8, 4) is 11.1 Å². The summed E-state index contributed by atoms with van der Waals surface area (Å²) in [5, 5.41) is 14.6. The summed E-state index contributed by atoms with van der Waals surface area (Å²) in [6.45, 7) is 7.54. The van der Waals surface area contributed by atoms with E-state index in [-0.39, 0.29) is 5.92 Å². The average molecular weight is 476 g/mol. The molecule has 4 rings (SSSR count). The van der Waals surface area contributed by atoms with Crippen LogP contribution >= 0.6 is 0 Å². The zero-order valence-corrected chi connectivity index (χ0v) is 19.4. The summed E-state index contributed by atoms with van der Waals surface area (Å²) < 4.78 is 46.4. The van der Waals surface area contributed by atoms with Crippen molar-refractivity contribution in [1.29, 1.82) is 0 Å². The number of nitrogens with zero attached hydrogens (tertiary/aromatic N) is 3. The maximum atomic E-state index is 13.1. The van der Waals surface area contributed by atoms with E-state index in [0.717, 1.165) is 30.7 Å². The van der Waals surface area contributed by atoms with Crippen LogP contribution in [0, 0.1) is 5.92 Å². The number of anilines is 1. The van der Waals surface area contributed by atoms with Crippen LogP contribution in [0.1, 0.15) is 44.9 Å². The normalized spacial score (nSPS) is 15.6. The van der Waals surface area contributed by atoms with Crippen molar-refractivity contribution in [2.75, 3.05) is 24.7 Å². The van der Waals surface area contributed by atoms with Gasteiger partial charge < -0.3 is 9.84 Å². The summed E-state index contributed by atoms with van der Waals surface area (Å²) in [5.41, 5.74) is 2.03. The molecule has 0 unspecified atom stereocenters. The third-order valence-corrected chi connectivity index (χ3v) is 6.15. The number of carbonyl (C=O) groups is 1. The van der Waals surface area contributed by atoms with E-state index >= 15 is 0 Å². The number of hydrogen-bond acceptors (Lipinski definition) is 3. The molecule has 2 aromatic heterocycles. The second-order valence-electron chi connectivity index (χ2n) is 9.71. The maximum Gasteiger partial charge on any atom is 0.416 e. The summed E-state index contributed by atoms with van der Waals surface area (Å²) >= 11 is 0. The molecule has 1 N–H and O–H groups in total. The molecule has 0 saturated carbocycles. The number of halogens is 3. The van der Waals surface area contributed by atoms with Crippen molar-refractivity contribution < 1.29 is 27.8 Å². The van der Waals surface area contributed by atoms with Gasteiger partial charge in [-0.1, -0.05) is 32.9 Å². The largest absolute Gasteiger partial charge is 0.465 e. The van der Waals surface area contributed by atoms with E-state index in [1.807, 2.05) is 20.8 Å². The van der Waals surface area contributed by atoms with Crippen molar-refractivity contribution in [3.63, 3.8) is 0 Å². The topological polar surface area (TPSA) is 67.1 Å². The van der Waals surface area contributed by atoms with Gasteiger partial charge in [0.25, 0.3) is 0 Å². The quantitative estimate of drug-likeness (QED) is 0.486. The molecule has 182 valence electrons. The van der Waals surface area contributed by atoms with Crippen LogP contribution in [-0.2, 0) is 16.3 Å². The van der Waals surface area contributed by atoms with Gasteiger partial charge in [0.05, 0.1) is 22.5 Å². The Morgan fingerprint density at radius 3 is 2.35 bits per heavy atom. The molecule has 34 heavy (non-hydrogen) atoms. The first-order valence-corrected chi connectivity index (χ1v) is 11.2. The summed E-state index contributed by atoms with van der Waals surface area (Å²) in [7, 11) is 0. The molecular weight excluding hydrogens is 447 g/mol. The minimum atomic E-state index is -4.42.